The maximum Gasteiger partial charge on any atom is 0.0547 e. The molecule has 0 aliphatic heterocycles. The Kier molecular flexibility index (Phi) is 7.60. The predicted octanol–water partition coefficient (Wildman–Crippen LogP) is 3.19. The Bertz CT molecular complexity index is 173. The van der Waals surface area contributed by atoms with Crippen molar-refractivity contribution in [1.82, 2.24) is 0 Å². The zero-order valence-electron chi connectivity index (χ0n) is 9.21. The molecule has 0 aromatic rings. The molecule has 0 aliphatic carbocycles. The van der Waals surface area contributed by atoms with Crippen LogP contribution in [0.25, 0.3) is 0 Å². The van der Waals surface area contributed by atoms with Crippen LogP contribution in [0.1, 0.15) is 40.0 Å². The van der Waals surface area contributed by atoms with Gasteiger partial charge in [-0.2, -0.15) is 0 Å². The van der Waals surface area contributed by atoms with E-state index in [1.807, 2.05) is 13.1 Å². The van der Waals surface area contributed by atoms with Crippen LogP contribution in [0.3, 0.4) is 0 Å². The zero-order chi connectivity index (χ0) is 10.1. The van der Waals surface area contributed by atoms with E-state index in [9.17, 15) is 0 Å². The molecule has 0 heterocycles. The van der Waals surface area contributed by atoms with E-state index < -0.39 is 0 Å². The minimum Gasteiger partial charge on any atom is -0.382 e. The van der Waals surface area contributed by atoms with Gasteiger partial charge in [0, 0.05) is 19.0 Å². The highest BCUT2D eigenvalue weighted by Crippen LogP contribution is 2.10. The summed E-state index contributed by atoms with van der Waals surface area (Å²) in [6, 6.07) is 0. The van der Waals surface area contributed by atoms with Crippen LogP contribution >= 0.6 is 0 Å². The Labute approximate surface area is 81.7 Å². The zero-order valence-corrected chi connectivity index (χ0v) is 9.21. The fraction of sp³-hybridized carbons (Fsp3) is 0.727. The lowest BCUT2D eigenvalue weighted by atomic mass is 10.2. The van der Waals surface area contributed by atoms with E-state index in [0.717, 1.165) is 25.0 Å². The van der Waals surface area contributed by atoms with Gasteiger partial charge in [-0.05, 0) is 33.1 Å². The van der Waals surface area contributed by atoms with Crippen LogP contribution in [-0.2, 0) is 4.74 Å². The minimum absolute atomic E-state index is 0.326. The highest BCUT2D eigenvalue weighted by molar-refractivity contribution is 5.58. The molecule has 1 atom stereocenters. The van der Waals surface area contributed by atoms with Crippen molar-refractivity contribution in [3.63, 3.8) is 0 Å². The van der Waals surface area contributed by atoms with Crippen LogP contribution in [0.4, 0.5) is 0 Å². The van der Waals surface area contributed by atoms with E-state index in [1.54, 1.807) is 7.11 Å². The van der Waals surface area contributed by atoms with E-state index in [0.29, 0.717) is 6.10 Å². The second-order valence-electron chi connectivity index (χ2n) is 3.08. The van der Waals surface area contributed by atoms with E-state index in [4.69, 9.17) is 4.74 Å². The Morgan fingerprint density at radius 3 is 2.69 bits per heavy atom. The molecular formula is C11H21NO. The number of allylic oxidation sites excluding steroid dienone is 2. The van der Waals surface area contributed by atoms with Gasteiger partial charge in [-0.3, -0.25) is 4.99 Å². The first-order valence-corrected chi connectivity index (χ1v) is 4.95. The van der Waals surface area contributed by atoms with Crippen molar-refractivity contribution in [3.8, 4) is 0 Å². The Morgan fingerprint density at radius 2 is 2.23 bits per heavy atom. The number of ether oxygens (including phenoxy) is 1. The lowest BCUT2D eigenvalue weighted by Crippen LogP contribution is -2.04. The number of aliphatic imine (C=N–C) groups is 1. The highest BCUT2D eigenvalue weighted by atomic mass is 16.5. The van der Waals surface area contributed by atoms with Crippen molar-refractivity contribution in [3.05, 3.63) is 11.8 Å². The molecule has 0 fully saturated rings. The van der Waals surface area contributed by atoms with E-state index in [2.05, 4.69) is 24.9 Å². The Morgan fingerprint density at radius 1 is 1.54 bits per heavy atom. The molecule has 0 rings (SSSR count). The third-order valence-electron chi connectivity index (χ3n) is 1.98. The van der Waals surface area contributed by atoms with Gasteiger partial charge in [-0.25, -0.2) is 0 Å². The SMILES string of the molecule is C/C=C(CC[C@H](C)OC)\N=C/CC. The molecule has 76 valence electrons. The number of hydrogen-bond donors (Lipinski definition) is 0. The van der Waals surface area contributed by atoms with Crippen LogP contribution in [-0.4, -0.2) is 19.4 Å². The number of rotatable bonds is 6. The van der Waals surface area contributed by atoms with Gasteiger partial charge in [0.1, 0.15) is 0 Å². The lowest BCUT2D eigenvalue weighted by molar-refractivity contribution is 0.111. The molecule has 0 aromatic carbocycles. The summed E-state index contributed by atoms with van der Waals surface area (Å²) in [6.07, 6.45) is 7.38. The molecule has 0 amide bonds. The summed E-state index contributed by atoms with van der Waals surface area (Å²) in [5.41, 5.74) is 1.16. The molecule has 0 unspecified atom stereocenters. The molecule has 0 N–H and O–H groups in total. The summed E-state index contributed by atoms with van der Waals surface area (Å²) < 4.78 is 5.17. The molecule has 13 heavy (non-hydrogen) atoms. The van der Waals surface area contributed by atoms with Gasteiger partial charge in [-0.1, -0.05) is 13.0 Å². The van der Waals surface area contributed by atoms with Gasteiger partial charge >= 0.3 is 0 Å². The summed E-state index contributed by atoms with van der Waals surface area (Å²) in [5, 5.41) is 0. The normalized spacial score (nSPS) is 15.2. The lowest BCUT2D eigenvalue weighted by Gasteiger charge is -2.08. The monoisotopic (exact) mass is 183 g/mol. The standard InChI is InChI=1S/C11H21NO/c1-5-9-12-11(6-2)8-7-10(3)13-4/h6,9-10H,5,7-8H2,1-4H3/b11-6-,12-9-/t10-/m0/s1. The molecule has 0 spiro atoms. The highest BCUT2D eigenvalue weighted by Gasteiger charge is 2.00. The van der Waals surface area contributed by atoms with Gasteiger partial charge in [0.2, 0.25) is 0 Å². The molecule has 2 heteroatoms. The summed E-state index contributed by atoms with van der Waals surface area (Å²) in [7, 11) is 1.75. The topological polar surface area (TPSA) is 21.6 Å². The molecule has 0 bridgehead atoms. The van der Waals surface area contributed by atoms with Crippen molar-refractivity contribution >= 4 is 6.21 Å². The molecule has 0 radical (unpaired) electrons. The second-order valence-corrected chi connectivity index (χ2v) is 3.08. The van der Waals surface area contributed by atoms with Crippen molar-refractivity contribution in [2.24, 2.45) is 4.99 Å². The fourth-order valence-electron chi connectivity index (χ4n) is 0.961. The van der Waals surface area contributed by atoms with Crippen LogP contribution in [0.15, 0.2) is 16.8 Å². The Hall–Kier alpha value is -0.630. The first-order valence-electron chi connectivity index (χ1n) is 4.95. The predicted molar refractivity (Wildman–Crippen MR) is 58.2 cm³/mol. The number of nitrogens with zero attached hydrogens (tertiary/aromatic N) is 1. The summed E-state index contributed by atoms with van der Waals surface area (Å²) in [5.74, 6) is 0. The van der Waals surface area contributed by atoms with Crippen LogP contribution < -0.4 is 0 Å². The molecule has 2 nitrogen and oxygen atoms in total. The second kappa shape index (κ2) is 7.99. The first kappa shape index (κ1) is 12.4. The largest absolute Gasteiger partial charge is 0.382 e. The molecule has 0 aromatic heterocycles. The summed E-state index contributed by atoms with van der Waals surface area (Å²) in [4.78, 5) is 4.35. The van der Waals surface area contributed by atoms with Gasteiger partial charge in [-0.15, -0.1) is 0 Å². The van der Waals surface area contributed by atoms with Gasteiger partial charge < -0.3 is 4.74 Å². The average Bonchev–Trinajstić information content (AvgIpc) is 2.17. The fourth-order valence-corrected chi connectivity index (χ4v) is 0.961. The van der Waals surface area contributed by atoms with Gasteiger partial charge in [0.15, 0.2) is 0 Å². The third-order valence-corrected chi connectivity index (χ3v) is 1.98. The maximum atomic E-state index is 5.17. The molecule has 0 aliphatic rings. The third kappa shape index (κ3) is 6.52. The smallest absolute Gasteiger partial charge is 0.0547 e. The van der Waals surface area contributed by atoms with E-state index in [-0.39, 0.29) is 0 Å². The van der Waals surface area contributed by atoms with Crippen LogP contribution in [0, 0.1) is 0 Å². The number of methoxy groups -OCH3 is 1. The summed E-state index contributed by atoms with van der Waals surface area (Å²) in [6.45, 7) is 6.20. The van der Waals surface area contributed by atoms with E-state index in [1.165, 1.54) is 0 Å². The first-order chi connectivity index (χ1) is 6.24. The average molecular weight is 183 g/mol. The molecule has 0 saturated heterocycles. The maximum absolute atomic E-state index is 5.17. The van der Waals surface area contributed by atoms with E-state index >= 15 is 0 Å². The molecule has 0 saturated carbocycles. The summed E-state index contributed by atoms with van der Waals surface area (Å²) >= 11 is 0. The number of hydrogen-bond acceptors (Lipinski definition) is 2. The van der Waals surface area contributed by atoms with Crippen molar-refractivity contribution in [1.29, 1.82) is 0 Å². The quantitative estimate of drug-likeness (QED) is 0.579. The van der Waals surface area contributed by atoms with Gasteiger partial charge in [0.25, 0.3) is 0 Å². The van der Waals surface area contributed by atoms with Crippen LogP contribution in [0.5, 0.6) is 0 Å². The van der Waals surface area contributed by atoms with Crippen molar-refractivity contribution in [2.45, 2.75) is 46.1 Å². The Balaban J connectivity index is 3.80. The van der Waals surface area contributed by atoms with Crippen LogP contribution in [0.2, 0.25) is 0 Å². The molecular weight excluding hydrogens is 162 g/mol. The van der Waals surface area contributed by atoms with Crippen molar-refractivity contribution in [2.75, 3.05) is 7.11 Å². The van der Waals surface area contributed by atoms with Crippen molar-refractivity contribution < 1.29 is 4.74 Å². The minimum atomic E-state index is 0.326. The van der Waals surface area contributed by atoms with Gasteiger partial charge in [0.05, 0.1) is 6.10 Å².